The Hall–Kier alpha value is -2.08. The Morgan fingerprint density at radius 2 is 1.90 bits per heavy atom. The van der Waals surface area contributed by atoms with Crippen LogP contribution in [0.5, 0.6) is 11.5 Å². The van der Waals surface area contributed by atoms with Crippen LogP contribution in [0.25, 0.3) is 6.08 Å². The minimum atomic E-state index is -0.114. The van der Waals surface area contributed by atoms with E-state index < -0.39 is 0 Å². The summed E-state index contributed by atoms with van der Waals surface area (Å²) in [4.78, 5) is 13.7. The van der Waals surface area contributed by atoms with Crippen molar-refractivity contribution in [1.29, 1.82) is 0 Å². The first kappa shape index (κ1) is 15.3. The van der Waals surface area contributed by atoms with E-state index in [-0.39, 0.29) is 5.91 Å². The van der Waals surface area contributed by atoms with Gasteiger partial charge in [0.15, 0.2) is 16.6 Å². The molecule has 0 unspecified atom stereocenters. The Bertz CT molecular complexity index is 626. The number of likely N-dealkylation sites (N-methyl/N-ethyl adjacent to an activating group) is 1. The molecule has 1 heterocycles. The van der Waals surface area contributed by atoms with Gasteiger partial charge in [-0.1, -0.05) is 0 Å². The highest BCUT2D eigenvalue weighted by Gasteiger charge is 2.29. The molecule has 2 rings (SSSR count). The van der Waals surface area contributed by atoms with Gasteiger partial charge in [-0.2, -0.15) is 0 Å². The lowest BCUT2D eigenvalue weighted by atomic mass is 10.1. The molecule has 21 heavy (non-hydrogen) atoms. The molecule has 0 aromatic heterocycles. The van der Waals surface area contributed by atoms with Crippen molar-refractivity contribution in [3.8, 4) is 11.5 Å². The topological polar surface area (TPSA) is 50.8 Å². The fourth-order valence-corrected chi connectivity index (χ4v) is 2.49. The Kier molecular flexibility index (Phi) is 4.47. The monoisotopic (exact) mass is 306 g/mol. The van der Waals surface area contributed by atoms with Gasteiger partial charge in [0.2, 0.25) is 0 Å². The van der Waals surface area contributed by atoms with Crippen molar-refractivity contribution in [1.82, 2.24) is 10.2 Å². The number of rotatable bonds is 4. The first-order valence-corrected chi connectivity index (χ1v) is 6.99. The summed E-state index contributed by atoms with van der Waals surface area (Å²) in [6.45, 7) is 4.38. The number of ether oxygens (including phenoxy) is 2. The van der Waals surface area contributed by atoms with E-state index in [9.17, 15) is 4.79 Å². The highest BCUT2D eigenvalue weighted by atomic mass is 32.1. The van der Waals surface area contributed by atoms with Crippen LogP contribution in [0, 0.1) is 6.92 Å². The van der Waals surface area contributed by atoms with Crippen LogP contribution in [-0.2, 0) is 4.79 Å². The number of hydrogen-bond donors (Lipinski definition) is 1. The summed E-state index contributed by atoms with van der Waals surface area (Å²) in [6, 6.07) is 3.72. The smallest absolute Gasteiger partial charge is 0.276 e. The molecule has 0 bridgehead atoms. The van der Waals surface area contributed by atoms with Crippen LogP contribution in [0.4, 0.5) is 0 Å². The molecule has 1 aliphatic rings. The van der Waals surface area contributed by atoms with Crippen molar-refractivity contribution in [2.45, 2.75) is 13.8 Å². The fourth-order valence-electron chi connectivity index (χ4n) is 2.17. The summed E-state index contributed by atoms with van der Waals surface area (Å²) >= 11 is 5.14. The maximum Gasteiger partial charge on any atom is 0.276 e. The number of methoxy groups -OCH3 is 2. The zero-order valence-electron chi connectivity index (χ0n) is 12.5. The third-order valence-electron chi connectivity index (χ3n) is 3.35. The maximum absolute atomic E-state index is 12.2. The molecule has 6 heteroatoms. The number of carbonyl (C=O) groups excluding carboxylic acids is 1. The van der Waals surface area contributed by atoms with Crippen LogP contribution in [0.15, 0.2) is 17.8 Å². The number of aryl methyl sites for hydroxylation is 1. The lowest BCUT2D eigenvalue weighted by Gasteiger charge is -2.11. The van der Waals surface area contributed by atoms with Crippen molar-refractivity contribution in [2.24, 2.45) is 0 Å². The second kappa shape index (κ2) is 6.13. The third-order valence-corrected chi connectivity index (χ3v) is 3.67. The highest BCUT2D eigenvalue weighted by molar-refractivity contribution is 7.80. The molecule has 1 aromatic rings. The van der Waals surface area contributed by atoms with Crippen molar-refractivity contribution in [2.75, 3.05) is 20.8 Å². The quantitative estimate of drug-likeness (QED) is 0.682. The van der Waals surface area contributed by atoms with Gasteiger partial charge in [0.1, 0.15) is 5.70 Å². The molecule has 1 aromatic carbocycles. The van der Waals surface area contributed by atoms with Crippen molar-refractivity contribution < 1.29 is 14.3 Å². The van der Waals surface area contributed by atoms with E-state index in [4.69, 9.17) is 21.7 Å². The first-order chi connectivity index (χ1) is 10.0. The average Bonchev–Trinajstić information content (AvgIpc) is 2.74. The second-order valence-electron chi connectivity index (χ2n) is 4.60. The number of hydrogen-bond acceptors (Lipinski definition) is 4. The van der Waals surface area contributed by atoms with E-state index >= 15 is 0 Å². The molecular formula is C15H18N2O3S. The standard InChI is InChI=1S/C15H18N2O3S/c1-5-17-14(18)11(16-15(17)21)7-10-8-13(20-4)12(19-3)6-9(10)2/h6-8H,5H2,1-4H3,(H,16,21). The van der Waals surface area contributed by atoms with E-state index in [1.54, 1.807) is 20.3 Å². The Balaban J connectivity index is 2.42. The summed E-state index contributed by atoms with van der Waals surface area (Å²) in [7, 11) is 3.17. The first-order valence-electron chi connectivity index (χ1n) is 6.59. The lowest BCUT2D eigenvalue weighted by Crippen LogP contribution is -2.30. The van der Waals surface area contributed by atoms with Crippen LogP contribution < -0.4 is 14.8 Å². The predicted octanol–water partition coefficient (Wildman–Crippen LogP) is 2.09. The average molecular weight is 306 g/mol. The molecule has 1 amide bonds. The fraction of sp³-hybridized carbons (Fsp3) is 0.333. The zero-order valence-corrected chi connectivity index (χ0v) is 13.3. The van der Waals surface area contributed by atoms with Crippen LogP contribution >= 0.6 is 12.2 Å². The molecule has 0 saturated carbocycles. The molecule has 1 fully saturated rings. The summed E-state index contributed by atoms with van der Waals surface area (Å²) < 4.78 is 10.5. The highest BCUT2D eigenvalue weighted by Crippen LogP contribution is 2.31. The molecule has 0 aliphatic carbocycles. The normalized spacial score (nSPS) is 16.4. The maximum atomic E-state index is 12.2. The number of nitrogens with one attached hydrogen (secondary N) is 1. The number of amides is 1. The Morgan fingerprint density at radius 3 is 2.43 bits per heavy atom. The summed E-state index contributed by atoms with van der Waals surface area (Å²) in [5, 5.41) is 3.38. The van der Waals surface area contributed by atoms with Crippen molar-refractivity contribution in [3.05, 3.63) is 29.0 Å². The summed E-state index contributed by atoms with van der Waals surface area (Å²) in [6.07, 6.45) is 1.78. The minimum Gasteiger partial charge on any atom is -0.493 e. The number of benzene rings is 1. The molecule has 112 valence electrons. The van der Waals surface area contributed by atoms with Crippen LogP contribution in [0.2, 0.25) is 0 Å². The van der Waals surface area contributed by atoms with Gasteiger partial charge in [-0.3, -0.25) is 9.69 Å². The Labute approximate surface area is 129 Å². The SMILES string of the molecule is CCN1C(=O)C(=Cc2cc(OC)c(OC)cc2C)NC1=S. The lowest BCUT2D eigenvalue weighted by molar-refractivity contribution is -0.122. The van der Waals surface area contributed by atoms with Gasteiger partial charge >= 0.3 is 0 Å². The number of carbonyl (C=O) groups is 1. The van der Waals surface area contributed by atoms with Gasteiger partial charge in [0.25, 0.3) is 5.91 Å². The van der Waals surface area contributed by atoms with Crippen molar-refractivity contribution in [3.63, 3.8) is 0 Å². The number of thiocarbonyl (C=S) groups is 1. The summed E-state index contributed by atoms with van der Waals surface area (Å²) in [5.74, 6) is 1.17. The van der Waals surface area contributed by atoms with E-state index in [0.717, 1.165) is 11.1 Å². The van der Waals surface area contributed by atoms with E-state index in [1.165, 1.54) is 4.90 Å². The Morgan fingerprint density at radius 1 is 1.29 bits per heavy atom. The van der Waals surface area contributed by atoms with Gasteiger partial charge < -0.3 is 14.8 Å². The van der Waals surface area contributed by atoms with Crippen LogP contribution in [0.1, 0.15) is 18.1 Å². The van der Waals surface area contributed by atoms with Gasteiger partial charge in [-0.15, -0.1) is 0 Å². The van der Waals surface area contributed by atoms with E-state index in [2.05, 4.69) is 5.32 Å². The second-order valence-corrected chi connectivity index (χ2v) is 4.99. The molecule has 1 N–H and O–H groups in total. The minimum absolute atomic E-state index is 0.114. The molecule has 1 aliphatic heterocycles. The molecular weight excluding hydrogens is 288 g/mol. The number of nitrogens with zero attached hydrogens (tertiary/aromatic N) is 1. The van der Waals surface area contributed by atoms with Crippen molar-refractivity contribution >= 4 is 29.3 Å². The third kappa shape index (κ3) is 2.85. The van der Waals surface area contributed by atoms with Gasteiger partial charge in [0.05, 0.1) is 14.2 Å². The summed E-state index contributed by atoms with van der Waals surface area (Å²) in [5.41, 5.74) is 2.33. The van der Waals surface area contributed by atoms with Gasteiger partial charge in [0, 0.05) is 6.54 Å². The van der Waals surface area contributed by atoms with Crippen LogP contribution in [0.3, 0.4) is 0 Å². The van der Waals surface area contributed by atoms with Gasteiger partial charge in [-0.05, 0) is 55.4 Å². The largest absolute Gasteiger partial charge is 0.493 e. The molecule has 1 saturated heterocycles. The molecule has 0 atom stereocenters. The van der Waals surface area contributed by atoms with Gasteiger partial charge in [-0.25, -0.2) is 0 Å². The predicted molar refractivity (Wildman–Crippen MR) is 85.4 cm³/mol. The van der Waals surface area contributed by atoms with Crippen LogP contribution in [-0.4, -0.2) is 36.7 Å². The molecule has 0 radical (unpaired) electrons. The molecule has 0 spiro atoms. The van der Waals surface area contributed by atoms with E-state index in [1.807, 2.05) is 26.0 Å². The zero-order chi connectivity index (χ0) is 15.6. The van der Waals surface area contributed by atoms with E-state index in [0.29, 0.717) is 28.9 Å². The molecule has 5 nitrogen and oxygen atoms in total.